The number of carbonyl (C=O) groups excluding carboxylic acids is 1. The van der Waals surface area contributed by atoms with Crippen LogP contribution in [0, 0.1) is 11.3 Å². The molecule has 2 rings (SSSR count). The third-order valence-corrected chi connectivity index (χ3v) is 4.90. The molecule has 1 N–H and O–H groups in total. The van der Waals surface area contributed by atoms with E-state index < -0.39 is 0 Å². The fourth-order valence-corrected chi connectivity index (χ4v) is 2.94. The standard InChI is InChI=1S/C14H26N2O2/c1-4-14(2)5-7-16(8-6-14)13(17)11-9-18-10-12(11)15-3/h11-12,15H,4-10H2,1-3H3. The average molecular weight is 254 g/mol. The Hall–Kier alpha value is -0.610. The van der Waals surface area contributed by atoms with Gasteiger partial charge in [0, 0.05) is 19.1 Å². The topological polar surface area (TPSA) is 41.6 Å². The normalized spacial score (nSPS) is 31.6. The molecule has 0 aromatic rings. The van der Waals surface area contributed by atoms with Crippen molar-refractivity contribution in [2.24, 2.45) is 11.3 Å². The van der Waals surface area contributed by atoms with Crippen molar-refractivity contribution in [3.8, 4) is 0 Å². The number of hydrogen-bond donors (Lipinski definition) is 1. The summed E-state index contributed by atoms with van der Waals surface area (Å²) in [5.41, 5.74) is 0.436. The van der Waals surface area contributed by atoms with Crippen molar-refractivity contribution >= 4 is 5.91 Å². The SMILES string of the molecule is CCC1(C)CCN(C(=O)C2COCC2NC)CC1. The molecule has 2 saturated heterocycles. The molecule has 1 amide bonds. The van der Waals surface area contributed by atoms with Crippen molar-refractivity contribution in [2.45, 2.75) is 39.2 Å². The van der Waals surface area contributed by atoms with Crippen molar-refractivity contribution in [3.63, 3.8) is 0 Å². The second-order valence-corrected chi connectivity index (χ2v) is 6.03. The number of amides is 1. The molecule has 2 aliphatic rings. The summed E-state index contributed by atoms with van der Waals surface area (Å²) < 4.78 is 5.42. The molecule has 2 heterocycles. The summed E-state index contributed by atoms with van der Waals surface area (Å²) in [7, 11) is 1.91. The Morgan fingerprint density at radius 2 is 2.06 bits per heavy atom. The minimum absolute atomic E-state index is 0.0148. The van der Waals surface area contributed by atoms with E-state index in [0.717, 1.165) is 25.9 Å². The number of likely N-dealkylation sites (N-methyl/N-ethyl adjacent to an activating group) is 1. The van der Waals surface area contributed by atoms with Gasteiger partial charge < -0.3 is 15.0 Å². The summed E-state index contributed by atoms with van der Waals surface area (Å²) in [4.78, 5) is 14.5. The molecule has 0 aromatic heterocycles. The summed E-state index contributed by atoms with van der Waals surface area (Å²) in [6, 6.07) is 0.192. The number of ether oxygens (including phenoxy) is 1. The summed E-state index contributed by atoms with van der Waals surface area (Å²) in [6.07, 6.45) is 3.47. The lowest BCUT2D eigenvalue weighted by molar-refractivity contribution is -0.138. The zero-order valence-electron chi connectivity index (χ0n) is 11.9. The van der Waals surface area contributed by atoms with E-state index in [1.807, 2.05) is 11.9 Å². The fraction of sp³-hybridized carbons (Fsp3) is 0.929. The Morgan fingerprint density at radius 1 is 1.39 bits per heavy atom. The zero-order valence-corrected chi connectivity index (χ0v) is 11.9. The van der Waals surface area contributed by atoms with Crippen LogP contribution in [0.25, 0.3) is 0 Å². The van der Waals surface area contributed by atoms with Crippen LogP contribution in [-0.4, -0.2) is 50.2 Å². The molecule has 0 aromatic carbocycles. The van der Waals surface area contributed by atoms with Gasteiger partial charge in [-0.25, -0.2) is 0 Å². The maximum atomic E-state index is 12.5. The Kier molecular flexibility index (Phi) is 4.28. The van der Waals surface area contributed by atoms with Gasteiger partial charge in [-0.3, -0.25) is 4.79 Å². The molecular formula is C14H26N2O2. The van der Waals surface area contributed by atoms with Crippen LogP contribution in [-0.2, 0) is 9.53 Å². The first kappa shape index (κ1) is 13.8. The lowest BCUT2D eigenvalue weighted by Gasteiger charge is -2.40. The Morgan fingerprint density at radius 3 is 2.61 bits per heavy atom. The summed E-state index contributed by atoms with van der Waals surface area (Å²) >= 11 is 0. The highest BCUT2D eigenvalue weighted by atomic mass is 16.5. The van der Waals surface area contributed by atoms with Crippen molar-refractivity contribution in [1.82, 2.24) is 10.2 Å². The number of rotatable bonds is 3. The number of likely N-dealkylation sites (tertiary alicyclic amines) is 1. The van der Waals surface area contributed by atoms with Crippen LogP contribution in [0.2, 0.25) is 0 Å². The van der Waals surface area contributed by atoms with Gasteiger partial charge in [-0.05, 0) is 25.3 Å². The predicted octanol–water partition coefficient (Wildman–Crippen LogP) is 1.26. The molecule has 4 heteroatoms. The molecule has 2 aliphatic heterocycles. The molecule has 0 spiro atoms. The molecule has 0 bridgehead atoms. The van der Waals surface area contributed by atoms with Gasteiger partial charge >= 0.3 is 0 Å². The van der Waals surface area contributed by atoms with E-state index in [9.17, 15) is 4.79 Å². The van der Waals surface area contributed by atoms with Crippen molar-refractivity contribution in [2.75, 3.05) is 33.4 Å². The first-order valence-electron chi connectivity index (χ1n) is 7.13. The van der Waals surface area contributed by atoms with Gasteiger partial charge in [-0.15, -0.1) is 0 Å². The van der Waals surface area contributed by atoms with E-state index in [1.54, 1.807) is 0 Å². The Bertz CT molecular complexity index is 298. The van der Waals surface area contributed by atoms with E-state index in [0.29, 0.717) is 18.6 Å². The van der Waals surface area contributed by atoms with Crippen LogP contribution in [0.1, 0.15) is 33.1 Å². The second kappa shape index (κ2) is 5.57. The van der Waals surface area contributed by atoms with Crippen molar-refractivity contribution < 1.29 is 9.53 Å². The molecule has 0 saturated carbocycles. The van der Waals surface area contributed by atoms with E-state index in [-0.39, 0.29) is 17.9 Å². The lowest BCUT2D eigenvalue weighted by Crippen LogP contribution is -2.48. The third-order valence-electron chi connectivity index (χ3n) is 4.90. The number of nitrogens with one attached hydrogen (secondary N) is 1. The summed E-state index contributed by atoms with van der Waals surface area (Å²) in [5, 5.41) is 3.19. The Labute approximate surface area is 110 Å². The fourth-order valence-electron chi connectivity index (χ4n) is 2.94. The van der Waals surface area contributed by atoms with E-state index in [1.165, 1.54) is 6.42 Å². The van der Waals surface area contributed by atoms with Gasteiger partial charge in [0.05, 0.1) is 19.1 Å². The second-order valence-electron chi connectivity index (χ2n) is 6.03. The van der Waals surface area contributed by atoms with Gasteiger partial charge in [-0.1, -0.05) is 20.3 Å². The first-order chi connectivity index (χ1) is 8.59. The number of piperidine rings is 1. The van der Waals surface area contributed by atoms with Crippen molar-refractivity contribution in [3.05, 3.63) is 0 Å². The summed E-state index contributed by atoms with van der Waals surface area (Å²) in [5.74, 6) is 0.297. The van der Waals surface area contributed by atoms with Crippen LogP contribution in [0.5, 0.6) is 0 Å². The van der Waals surface area contributed by atoms with Gasteiger partial charge in [0.2, 0.25) is 5.91 Å². The quantitative estimate of drug-likeness (QED) is 0.824. The highest BCUT2D eigenvalue weighted by Gasteiger charge is 2.38. The van der Waals surface area contributed by atoms with Gasteiger partial charge in [0.25, 0.3) is 0 Å². The molecule has 2 unspecified atom stereocenters. The van der Waals surface area contributed by atoms with E-state index in [2.05, 4.69) is 19.2 Å². The smallest absolute Gasteiger partial charge is 0.229 e. The molecule has 4 nitrogen and oxygen atoms in total. The van der Waals surface area contributed by atoms with Crippen LogP contribution in [0.3, 0.4) is 0 Å². The monoisotopic (exact) mass is 254 g/mol. The molecule has 0 radical (unpaired) electrons. The summed E-state index contributed by atoms with van der Waals surface area (Å²) in [6.45, 7) is 7.65. The van der Waals surface area contributed by atoms with E-state index >= 15 is 0 Å². The van der Waals surface area contributed by atoms with Gasteiger partial charge in [-0.2, -0.15) is 0 Å². The maximum Gasteiger partial charge on any atom is 0.229 e. The van der Waals surface area contributed by atoms with Crippen LogP contribution >= 0.6 is 0 Å². The van der Waals surface area contributed by atoms with Gasteiger partial charge in [0.15, 0.2) is 0 Å². The number of nitrogens with zero attached hydrogens (tertiary/aromatic N) is 1. The highest BCUT2D eigenvalue weighted by Crippen LogP contribution is 2.34. The largest absolute Gasteiger partial charge is 0.379 e. The predicted molar refractivity (Wildman–Crippen MR) is 71.4 cm³/mol. The van der Waals surface area contributed by atoms with Gasteiger partial charge in [0.1, 0.15) is 0 Å². The van der Waals surface area contributed by atoms with Crippen molar-refractivity contribution in [1.29, 1.82) is 0 Å². The van der Waals surface area contributed by atoms with Crippen LogP contribution in [0.15, 0.2) is 0 Å². The molecular weight excluding hydrogens is 228 g/mol. The maximum absolute atomic E-state index is 12.5. The molecule has 2 fully saturated rings. The molecule has 0 aliphatic carbocycles. The van der Waals surface area contributed by atoms with Crippen LogP contribution < -0.4 is 5.32 Å². The number of carbonyl (C=O) groups is 1. The minimum atomic E-state index is 0.0148. The molecule has 2 atom stereocenters. The first-order valence-corrected chi connectivity index (χ1v) is 7.13. The van der Waals surface area contributed by atoms with E-state index in [4.69, 9.17) is 4.74 Å². The Balaban J connectivity index is 1.91. The average Bonchev–Trinajstić information content (AvgIpc) is 2.87. The van der Waals surface area contributed by atoms with Crippen LogP contribution in [0.4, 0.5) is 0 Å². The number of hydrogen-bond acceptors (Lipinski definition) is 3. The lowest BCUT2D eigenvalue weighted by atomic mass is 9.78. The molecule has 18 heavy (non-hydrogen) atoms. The third kappa shape index (κ3) is 2.69. The minimum Gasteiger partial charge on any atom is -0.379 e. The molecule has 104 valence electrons. The zero-order chi connectivity index (χ0) is 13.2. The highest BCUT2D eigenvalue weighted by molar-refractivity contribution is 5.80.